The molecule has 0 aliphatic heterocycles. The second-order valence-corrected chi connectivity index (χ2v) is 13.9. The van der Waals surface area contributed by atoms with Crippen LogP contribution in [0.4, 0.5) is 0 Å². The number of aliphatic hydroxyl groups excluding tert-OH is 1. The summed E-state index contributed by atoms with van der Waals surface area (Å²) in [6, 6.07) is 0. The predicted molar refractivity (Wildman–Crippen MR) is 102 cm³/mol. The summed E-state index contributed by atoms with van der Waals surface area (Å²) in [5.74, 6) is 0. The summed E-state index contributed by atoms with van der Waals surface area (Å²) >= 11 is 0. The Morgan fingerprint density at radius 2 is 0.639 bits per heavy atom. The van der Waals surface area contributed by atoms with Gasteiger partial charge in [0, 0.05) is 0 Å². The molecule has 0 heterocycles. The first kappa shape index (κ1) is 34.7. The fourth-order valence-electron chi connectivity index (χ4n) is 2.68. The van der Waals surface area contributed by atoms with Gasteiger partial charge in [-0.15, -0.1) is 0 Å². The molecule has 0 saturated heterocycles. The average molecular weight is 660 g/mol. The van der Waals surface area contributed by atoms with Gasteiger partial charge in [0.05, 0.1) is 0 Å². The Morgan fingerprint density at radius 3 is 0.889 bits per heavy atom. The largest absolute Gasteiger partial charge is 0.481 e. The van der Waals surface area contributed by atoms with Crippen molar-refractivity contribution in [2.24, 2.45) is 0 Å². The zero-order valence-corrected chi connectivity index (χ0v) is 21.8. The first-order valence-corrected chi connectivity index (χ1v) is 17.2. The van der Waals surface area contributed by atoms with Crippen molar-refractivity contribution in [3.8, 4) is 0 Å². The number of phosphoric acid groups is 6. The minimum atomic E-state index is -6.27. The molecule has 0 amide bonds. The van der Waals surface area contributed by atoms with E-state index in [2.05, 4.69) is 26.9 Å². The Kier molecular flexibility index (Phi) is 11.2. The third-order valence-electron chi connectivity index (χ3n) is 3.47. The first-order valence-electron chi connectivity index (χ1n) is 8.01. The molecule has 1 fully saturated rings. The highest BCUT2D eigenvalue weighted by molar-refractivity contribution is 7.60. The third kappa shape index (κ3) is 12.7. The number of phosphoric ester groups is 5. The van der Waals surface area contributed by atoms with Gasteiger partial charge in [-0.05, 0) is 0 Å². The fourth-order valence-corrected chi connectivity index (χ4v) is 6.70. The van der Waals surface area contributed by atoms with Crippen LogP contribution in [-0.2, 0) is 54.3 Å². The van der Waals surface area contributed by atoms with Gasteiger partial charge in [-0.1, -0.05) is 0 Å². The molecule has 1 rings (SSSR count). The second-order valence-electron chi connectivity index (χ2n) is 6.34. The summed E-state index contributed by atoms with van der Waals surface area (Å²) in [5, 5.41) is 10.3. The van der Waals surface area contributed by atoms with Crippen LogP contribution in [0.5, 0.6) is 0 Å². The minimum absolute atomic E-state index is 3.01. The maximum atomic E-state index is 12.1. The van der Waals surface area contributed by atoms with Crippen LogP contribution in [-0.4, -0.2) is 95.6 Å². The van der Waals surface area contributed by atoms with E-state index in [4.69, 9.17) is 48.9 Å². The number of rotatable bonds is 12. The van der Waals surface area contributed by atoms with E-state index in [1.807, 2.05) is 0 Å². The van der Waals surface area contributed by atoms with Crippen LogP contribution >= 0.6 is 46.9 Å². The van der Waals surface area contributed by atoms with Crippen LogP contribution in [0, 0.1) is 0 Å². The molecule has 0 bridgehead atoms. The summed E-state index contributed by atoms with van der Waals surface area (Å²) < 4.78 is 92.2. The molecule has 0 aromatic heterocycles. The molecule has 0 aromatic carbocycles. The monoisotopic (exact) mass is 660 g/mol. The molecule has 0 aromatic rings. The molecule has 1 aliphatic carbocycles. The molecule has 30 heteroatoms. The van der Waals surface area contributed by atoms with Crippen molar-refractivity contribution in [3.63, 3.8) is 0 Å². The van der Waals surface area contributed by atoms with E-state index in [0.717, 1.165) is 0 Å². The molecule has 216 valence electrons. The lowest BCUT2D eigenvalue weighted by Gasteiger charge is -2.47. The maximum Gasteiger partial charge on any atom is 0.481 e. The Balaban J connectivity index is 3.87. The van der Waals surface area contributed by atoms with Crippen LogP contribution in [0.15, 0.2) is 0 Å². The molecule has 1 saturated carbocycles. The van der Waals surface area contributed by atoms with Crippen molar-refractivity contribution in [2.75, 3.05) is 0 Å². The molecule has 36 heavy (non-hydrogen) atoms. The van der Waals surface area contributed by atoms with Gasteiger partial charge in [0.15, 0.2) is 0 Å². The smallest absolute Gasteiger partial charge is 0.387 e. The van der Waals surface area contributed by atoms with Crippen LogP contribution in [0.1, 0.15) is 0 Å². The van der Waals surface area contributed by atoms with Gasteiger partial charge in [0.2, 0.25) is 0 Å². The first-order chi connectivity index (χ1) is 15.6. The van der Waals surface area contributed by atoms with Gasteiger partial charge < -0.3 is 58.9 Å². The summed E-state index contributed by atoms with van der Waals surface area (Å²) in [6.07, 6.45) is -18.4. The standard InChI is InChI=1S/C6H18O24P6/c7-1-2(25-31(8,9)10)4(27-33(14,15)16)6(29-36(23,24)30-35(20,21)22)5(28-34(17,18)19)3(1)26-32(11,12)13/h1-7H,(H,23,24)(H2,8,9,10)(H2,11,12,13)(H2,14,15,16)(H2,17,18,19)(H2,20,21,22)/t1?,2-,3+,4+,5-,6?. The van der Waals surface area contributed by atoms with Gasteiger partial charge in [0.1, 0.15) is 36.6 Å². The summed E-state index contributed by atoms with van der Waals surface area (Å²) in [5.41, 5.74) is 0. The predicted octanol–water partition coefficient (Wildman–Crippen LogP) is -3.13. The molecule has 12 N–H and O–H groups in total. The van der Waals surface area contributed by atoms with Gasteiger partial charge >= 0.3 is 46.9 Å². The highest BCUT2D eigenvalue weighted by atomic mass is 31.3. The van der Waals surface area contributed by atoms with Crippen LogP contribution in [0.2, 0.25) is 0 Å². The van der Waals surface area contributed by atoms with Crippen LogP contribution < -0.4 is 0 Å². The van der Waals surface area contributed by atoms with E-state index in [-0.39, 0.29) is 0 Å². The zero-order chi connectivity index (χ0) is 28.7. The van der Waals surface area contributed by atoms with E-state index in [1.165, 1.54) is 0 Å². The van der Waals surface area contributed by atoms with E-state index in [1.54, 1.807) is 0 Å². The molecule has 24 nitrogen and oxygen atoms in total. The molecule has 0 spiro atoms. The number of aliphatic hydroxyl groups is 1. The Labute approximate surface area is 197 Å². The number of hydrogen-bond acceptors (Lipinski definition) is 13. The van der Waals surface area contributed by atoms with E-state index in [9.17, 15) is 37.4 Å². The summed E-state index contributed by atoms with van der Waals surface area (Å²) in [6.45, 7) is 0. The fraction of sp³-hybridized carbons (Fsp3) is 1.00. The van der Waals surface area contributed by atoms with Crippen molar-refractivity contribution in [1.82, 2.24) is 0 Å². The van der Waals surface area contributed by atoms with E-state index in [0.29, 0.717) is 0 Å². The van der Waals surface area contributed by atoms with Gasteiger partial charge in [-0.2, -0.15) is 4.31 Å². The van der Waals surface area contributed by atoms with E-state index < -0.39 is 83.6 Å². The van der Waals surface area contributed by atoms with Gasteiger partial charge in [-0.25, -0.2) is 27.4 Å². The SMILES string of the molecule is O=P(O)(O)O[C@@H]1C(O)[C@H](OP(=O)(O)O)[C@@H](OP(=O)(O)O)C(OP(=O)(O)OP(=O)(O)O)[C@H]1OP(=O)(O)O. The lowest BCUT2D eigenvalue weighted by atomic mass is 9.85. The Morgan fingerprint density at radius 1 is 0.389 bits per heavy atom. The lowest BCUT2D eigenvalue weighted by Crippen LogP contribution is -2.66. The van der Waals surface area contributed by atoms with Crippen molar-refractivity contribution in [3.05, 3.63) is 0 Å². The quantitative estimate of drug-likeness (QED) is 0.0920. The average Bonchev–Trinajstić information content (AvgIpc) is 2.51. The Bertz CT molecular complexity index is 993. The molecule has 1 aliphatic rings. The van der Waals surface area contributed by atoms with Gasteiger partial charge in [0.25, 0.3) is 0 Å². The highest BCUT2D eigenvalue weighted by Gasteiger charge is 2.61. The number of hydrogen-bond donors (Lipinski definition) is 12. The third-order valence-corrected chi connectivity index (χ3v) is 7.73. The molecule has 0 radical (unpaired) electrons. The van der Waals surface area contributed by atoms with Crippen molar-refractivity contribution < 1.29 is 113 Å². The second kappa shape index (κ2) is 11.6. The topological polar surface area (TPSA) is 401 Å². The summed E-state index contributed by atoms with van der Waals surface area (Å²) in [4.78, 5) is 99.7. The molecular weight excluding hydrogens is 642 g/mol. The highest BCUT2D eigenvalue weighted by Crippen LogP contribution is 2.61. The zero-order valence-electron chi connectivity index (χ0n) is 16.4. The van der Waals surface area contributed by atoms with Crippen LogP contribution in [0.3, 0.4) is 0 Å². The lowest BCUT2D eigenvalue weighted by molar-refractivity contribution is -0.205. The van der Waals surface area contributed by atoms with Gasteiger partial charge in [-0.3, -0.25) is 22.6 Å². The Hall–Kier alpha value is 0.660. The minimum Gasteiger partial charge on any atom is -0.387 e. The molecular formula is C6H18O24P6. The molecule has 3 unspecified atom stereocenters. The molecule has 7 atom stereocenters. The van der Waals surface area contributed by atoms with Crippen LogP contribution in [0.25, 0.3) is 0 Å². The van der Waals surface area contributed by atoms with Crippen molar-refractivity contribution >= 4 is 46.9 Å². The van der Waals surface area contributed by atoms with E-state index >= 15 is 0 Å². The maximum absolute atomic E-state index is 12.1. The van der Waals surface area contributed by atoms with Crippen molar-refractivity contribution in [2.45, 2.75) is 36.6 Å². The van der Waals surface area contributed by atoms with Crippen molar-refractivity contribution in [1.29, 1.82) is 0 Å². The summed E-state index contributed by atoms with van der Waals surface area (Å²) in [7, 11) is -36.0. The normalized spacial score (nSPS) is 30.7.